The highest BCUT2D eigenvalue weighted by atomic mass is 31.2. The van der Waals surface area contributed by atoms with E-state index in [1.54, 1.807) is 6.34 Å². The molecule has 0 radical (unpaired) electrons. The molecule has 0 amide bonds. The minimum atomic E-state index is -4.57. The van der Waals surface area contributed by atoms with E-state index < -0.39 is 13.9 Å². The van der Waals surface area contributed by atoms with Crippen LogP contribution in [0.3, 0.4) is 0 Å². The number of hydrogen-bond acceptors (Lipinski definition) is 10. The van der Waals surface area contributed by atoms with Gasteiger partial charge in [-0.05, 0) is 46.0 Å². The van der Waals surface area contributed by atoms with Gasteiger partial charge in [0.05, 0.1) is 25.2 Å². The smallest absolute Gasteiger partial charge is 0.469 e. The van der Waals surface area contributed by atoms with Gasteiger partial charge in [-0.25, -0.2) is 9.56 Å². The molecular weight excluding hydrogens is 609 g/mol. The Morgan fingerprint density at radius 2 is 1.61 bits per heavy atom. The molecule has 0 saturated carbocycles. The zero-order valence-electron chi connectivity index (χ0n) is 28.6. The summed E-state index contributed by atoms with van der Waals surface area (Å²) >= 11 is 0. The number of nitrogens with zero attached hydrogens (tertiary/aromatic N) is 4. The lowest BCUT2D eigenvalue weighted by Crippen LogP contribution is -2.55. The average molecular weight is 672 g/mol. The van der Waals surface area contributed by atoms with Crippen molar-refractivity contribution in [2.75, 3.05) is 19.8 Å². The monoisotopic (exact) mass is 671 g/mol. The van der Waals surface area contributed by atoms with Crippen molar-refractivity contribution in [2.24, 2.45) is 15.7 Å². The van der Waals surface area contributed by atoms with Gasteiger partial charge in [0.25, 0.3) is 0 Å². The van der Waals surface area contributed by atoms with E-state index in [-0.39, 0.29) is 31.0 Å². The fraction of sp³-hybridized carbons (Fsp3) is 0.879. The van der Waals surface area contributed by atoms with Crippen molar-refractivity contribution in [2.45, 2.75) is 167 Å². The number of phosphoric ester groups is 1. The summed E-state index contributed by atoms with van der Waals surface area (Å²) in [6.45, 7) is 7.17. The zero-order chi connectivity index (χ0) is 33.4. The highest BCUT2D eigenvalue weighted by molar-refractivity contribution is 7.46. The molecule has 1 fully saturated rings. The summed E-state index contributed by atoms with van der Waals surface area (Å²) in [7, 11) is -4.57. The largest absolute Gasteiger partial charge is 0.492 e. The van der Waals surface area contributed by atoms with Gasteiger partial charge in [-0.1, -0.05) is 84.0 Å². The number of hydrogen-bond donors (Lipinski definition) is 4. The number of aliphatic imine (C=N–C) groups is 2. The van der Waals surface area contributed by atoms with E-state index in [0.29, 0.717) is 37.7 Å². The summed E-state index contributed by atoms with van der Waals surface area (Å²) in [5.74, 6) is 0.750. The highest BCUT2D eigenvalue weighted by Gasteiger charge is 2.44. The number of amidine groups is 1. The van der Waals surface area contributed by atoms with Crippen molar-refractivity contribution in [3.05, 3.63) is 11.6 Å². The summed E-state index contributed by atoms with van der Waals surface area (Å²) in [5, 5.41) is 10.9. The molecule has 5 N–H and O–H groups in total. The Kier molecular flexibility index (Phi) is 17.6. The summed E-state index contributed by atoms with van der Waals surface area (Å²) in [6, 6.07) is 0.388. The number of ether oxygens (including phenoxy) is 2. The standard InChI is InChI=1S/C33H62N5O7P/c1-4-27(34)19-17-15-13-11-9-7-6-8-10-12-14-16-18-20-29-36-32(39)31-33(37(29)23-26(3)43-5-2)38(25-35-31)30-22-21-28(45-30)24-44-46(40,41)42/h25-28,30,33,39H,4-24,34H2,1-3H3,(H2,40,41,42)/t26?,27?,28-,30+,33?/m0/s1. The number of nitrogens with two attached hydrogens (primary N) is 1. The van der Waals surface area contributed by atoms with Crippen LogP contribution >= 0.6 is 7.82 Å². The van der Waals surface area contributed by atoms with Crippen molar-refractivity contribution in [1.29, 1.82) is 0 Å². The molecule has 46 heavy (non-hydrogen) atoms. The second-order valence-corrected chi connectivity index (χ2v) is 14.3. The van der Waals surface area contributed by atoms with E-state index in [1.807, 2.05) is 18.7 Å². The fourth-order valence-corrected chi connectivity index (χ4v) is 6.92. The third kappa shape index (κ3) is 13.5. The first-order valence-corrected chi connectivity index (χ1v) is 19.5. The Labute approximate surface area is 277 Å². The van der Waals surface area contributed by atoms with Crippen LogP contribution in [0.15, 0.2) is 21.6 Å². The number of aliphatic hydroxyl groups excluding tert-OH is 1. The molecular formula is C33H62N5O7P. The fourth-order valence-electron chi connectivity index (χ4n) is 6.56. The van der Waals surface area contributed by atoms with Gasteiger partial charge in [0.15, 0.2) is 6.17 Å². The lowest BCUT2D eigenvalue weighted by atomic mass is 10.0. The van der Waals surface area contributed by atoms with E-state index in [0.717, 1.165) is 31.5 Å². The molecule has 0 spiro atoms. The Bertz CT molecular complexity index is 1020. The summed E-state index contributed by atoms with van der Waals surface area (Å²) in [5.41, 5.74) is 6.47. The quantitative estimate of drug-likeness (QED) is 0.0605. The van der Waals surface area contributed by atoms with Crippen LogP contribution < -0.4 is 5.73 Å². The first-order chi connectivity index (χ1) is 22.1. The van der Waals surface area contributed by atoms with E-state index in [9.17, 15) is 9.67 Å². The molecule has 3 aliphatic rings. The lowest BCUT2D eigenvalue weighted by molar-refractivity contribution is -0.0635. The van der Waals surface area contributed by atoms with Crippen molar-refractivity contribution in [1.82, 2.24) is 9.80 Å². The molecule has 12 nitrogen and oxygen atoms in total. The maximum absolute atomic E-state index is 11.2. The van der Waals surface area contributed by atoms with E-state index in [1.165, 1.54) is 77.0 Å². The molecule has 3 unspecified atom stereocenters. The molecule has 13 heteroatoms. The van der Waals surface area contributed by atoms with Gasteiger partial charge in [0.2, 0.25) is 5.88 Å². The molecule has 0 aromatic heterocycles. The van der Waals surface area contributed by atoms with Crippen LogP contribution in [0.1, 0.15) is 136 Å². The molecule has 3 rings (SSSR count). The van der Waals surface area contributed by atoms with Crippen molar-refractivity contribution in [3.63, 3.8) is 0 Å². The summed E-state index contributed by atoms with van der Waals surface area (Å²) < 4.78 is 27.9. The maximum atomic E-state index is 11.2. The maximum Gasteiger partial charge on any atom is 0.469 e. The summed E-state index contributed by atoms with van der Waals surface area (Å²) in [4.78, 5) is 31.4. The molecule has 0 aliphatic carbocycles. The first-order valence-electron chi connectivity index (χ1n) is 17.9. The average Bonchev–Trinajstić information content (AvgIpc) is 3.67. The second-order valence-electron chi connectivity index (χ2n) is 13.1. The molecule has 5 atom stereocenters. The van der Waals surface area contributed by atoms with Gasteiger partial charge in [-0.15, -0.1) is 0 Å². The number of aliphatic hydroxyl groups is 1. The molecule has 0 bridgehead atoms. The molecule has 266 valence electrons. The predicted molar refractivity (Wildman–Crippen MR) is 182 cm³/mol. The number of phosphoric acid groups is 1. The lowest BCUT2D eigenvalue weighted by Gasteiger charge is -2.42. The Balaban J connectivity index is 1.40. The van der Waals surface area contributed by atoms with Crippen LogP contribution in [0, 0.1) is 0 Å². The minimum absolute atomic E-state index is 0.0576. The van der Waals surface area contributed by atoms with Crippen LogP contribution in [0.25, 0.3) is 0 Å². The van der Waals surface area contributed by atoms with Crippen molar-refractivity contribution >= 4 is 20.0 Å². The van der Waals surface area contributed by atoms with Crippen LogP contribution in [-0.2, 0) is 18.6 Å². The Morgan fingerprint density at radius 3 is 2.20 bits per heavy atom. The van der Waals surface area contributed by atoms with Crippen LogP contribution in [-0.4, -0.2) is 87.3 Å². The molecule has 0 aromatic rings. The second kappa shape index (κ2) is 20.8. The van der Waals surface area contributed by atoms with Gasteiger partial charge >= 0.3 is 7.82 Å². The normalized spacial score (nSPS) is 22.9. The van der Waals surface area contributed by atoms with Gasteiger partial charge in [-0.2, -0.15) is 4.99 Å². The van der Waals surface area contributed by atoms with Gasteiger partial charge < -0.3 is 39.9 Å². The third-order valence-corrected chi connectivity index (χ3v) is 9.68. The molecule has 3 aliphatic heterocycles. The minimum Gasteiger partial charge on any atom is -0.492 e. The van der Waals surface area contributed by atoms with Crippen LogP contribution in [0.4, 0.5) is 0 Å². The van der Waals surface area contributed by atoms with E-state index >= 15 is 0 Å². The van der Waals surface area contributed by atoms with Crippen molar-refractivity contribution in [3.8, 4) is 0 Å². The van der Waals surface area contributed by atoms with Gasteiger partial charge in [0, 0.05) is 25.6 Å². The molecule has 1 saturated heterocycles. The Hall–Kier alpha value is -1.53. The zero-order valence-corrected chi connectivity index (χ0v) is 29.5. The first kappa shape index (κ1) is 38.9. The van der Waals surface area contributed by atoms with Crippen LogP contribution in [0.2, 0.25) is 0 Å². The number of rotatable bonds is 25. The predicted octanol–water partition coefficient (Wildman–Crippen LogP) is 6.73. The molecule has 3 heterocycles. The van der Waals surface area contributed by atoms with Gasteiger partial charge in [-0.3, -0.25) is 4.52 Å². The highest BCUT2D eigenvalue weighted by Crippen LogP contribution is 2.39. The Morgan fingerprint density at radius 1 is 1.00 bits per heavy atom. The van der Waals surface area contributed by atoms with E-state index in [2.05, 4.69) is 26.3 Å². The van der Waals surface area contributed by atoms with E-state index in [4.69, 9.17) is 25.0 Å². The summed E-state index contributed by atoms with van der Waals surface area (Å²) in [6.07, 6.45) is 21.1. The SMILES string of the molecule is CCOC(C)CN1C(CCCCCCCCCCCCCCCC(N)CC)=NC(O)=C2N=CN([C@H]3CC[C@@H](COP(=O)(O)O)O3)C21. The van der Waals surface area contributed by atoms with Crippen molar-refractivity contribution < 1.29 is 33.5 Å². The van der Waals surface area contributed by atoms with Crippen LogP contribution in [0.5, 0.6) is 0 Å². The third-order valence-electron chi connectivity index (χ3n) is 9.20. The number of unbranched alkanes of at least 4 members (excludes halogenated alkanes) is 12. The molecule has 0 aromatic carbocycles. The van der Waals surface area contributed by atoms with Gasteiger partial charge in [0.1, 0.15) is 17.8 Å². The number of fused-ring (bicyclic) bond motifs is 1. The topological polar surface area (TPSA) is 163 Å².